The topological polar surface area (TPSA) is 197 Å². The van der Waals surface area contributed by atoms with Gasteiger partial charge in [-0.05, 0) is 42.3 Å². The number of hydrazone groups is 1. The maximum Gasteiger partial charge on any atom is 0.433 e. The highest BCUT2D eigenvalue weighted by Gasteiger charge is 2.26. The molecule has 15 heteroatoms. The molecule has 0 radical (unpaired) electrons. The van der Waals surface area contributed by atoms with Gasteiger partial charge in [0.15, 0.2) is 11.5 Å². The quantitative estimate of drug-likeness (QED) is 0.301. The minimum absolute atomic E-state index is 0.0194. The van der Waals surface area contributed by atoms with Crippen LogP contribution in [-0.2, 0) is 6.54 Å². The van der Waals surface area contributed by atoms with Crippen molar-refractivity contribution in [1.29, 1.82) is 0 Å². The molecule has 30 heavy (non-hydrogen) atoms. The van der Waals surface area contributed by atoms with E-state index in [1.165, 1.54) is 12.1 Å². The number of carbonyl (C=O) groups is 1. The molecule has 1 amide bonds. The van der Waals surface area contributed by atoms with Crippen molar-refractivity contribution in [3.8, 4) is 5.82 Å². The van der Waals surface area contributed by atoms with Gasteiger partial charge in [0.2, 0.25) is 11.6 Å². The van der Waals surface area contributed by atoms with Gasteiger partial charge in [-0.15, -0.1) is 5.10 Å². The molecule has 156 valence electrons. The van der Waals surface area contributed by atoms with Gasteiger partial charge < -0.3 is 10.2 Å². The van der Waals surface area contributed by atoms with E-state index in [0.717, 1.165) is 36.8 Å². The van der Waals surface area contributed by atoms with Crippen molar-refractivity contribution in [1.82, 2.24) is 35.6 Å². The van der Waals surface area contributed by atoms with Gasteiger partial charge >= 0.3 is 5.88 Å². The third-order valence-electron chi connectivity index (χ3n) is 4.37. The Kier molecular flexibility index (Phi) is 5.17. The fourth-order valence-electron chi connectivity index (χ4n) is 3.00. The Morgan fingerprint density at radius 1 is 1.37 bits per heavy atom. The van der Waals surface area contributed by atoms with Crippen LogP contribution < -0.4 is 11.2 Å². The number of nitrogens with zero attached hydrogens (tertiary/aromatic N) is 8. The average molecular weight is 416 g/mol. The van der Waals surface area contributed by atoms with Gasteiger partial charge in [-0.2, -0.15) is 9.78 Å². The minimum atomic E-state index is -0.679. The van der Waals surface area contributed by atoms with Crippen molar-refractivity contribution in [2.24, 2.45) is 5.10 Å². The molecule has 1 saturated heterocycles. The molecule has 0 atom stereocenters. The maximum absolute atomic E-state index is 12.8. The van der Waals surface area contributed by atoms with E-state index in [1.807, 2.05) is 0 Å². The van der Waals surface area contributed by atoms with E-state index < -0.39 is 16.7 Å². The Labute approximate surface area is 167 Å². The van der Waals surface area contributed by atoms with Crippen LogP contribution in [0.25, 0.3) is 5.82 Å². The molecule has 3 aromatic rings. The van der Waals surface area contributed by atoms with Gasteiger partial charge in [0.05, 0.1) is 12.3 Å². The largest absolute Gasteiger partial charge is 0.433 e. The Bertz CT molecular complexity index is 1090. The minimum Gasteiger partial charge on any atom is -0.400 e. The molecule has 1 aliphatic rings. The van der Waals surface area contributed by atoms with Gasteiger partial charge in [0.25, 0.3) is 5.91 Å². The summed E-state index contributed by atoms with van der Waals surface area (Å²) in [6, 6.07) is 2.52. The first-order chi connectivity index (χ1) is 14.5. The number of nitrogens with two attached hydrogens (primary N) is 1. The Balaban J connectivity index is 1.57. The van der Waals surface area contributed by atoms with Crippen LogP contribution in [0.1, 0.15) is 34.8 Å². The molecule has 3 N–H and O–H groups in total. The molecule has 4 rings (SSSR count). The molecule has 0 bridgehead atoms. The monoisotopic (exact) mass is 416 g/mol. The summed E-state index contributed by atoms with van der Waals surface area (Å²) in [5, 5.41) is 29.6. The molecule has 0 aliphatic carbocycles. The van der Waals surface area contributed by atoms with Gasteiger partial charge in [-0.3, -0.25) is 19.8 Å². The second-order valence-corrected chi connectivity index (χ2v) is 6.39. The van der Waals surface area contributed by atoms with E-state index in [4.69, 9.17) is 10.2 Å². The summed E-state index contributed by atoms with van der Waals surface area (Å²) in [5.41, 5.74) is 8.51. The lowest BCUT2D eigenvalue weighted by atomic mass is 10.3. The molecule has 0 saturated carbocycles. The first-order valence-corrected chi connectivity index (χ1v) is 8.86. The van der Waals surface area contributed by atoms with Crippen LogP contribution in [0, 0.1) is 10.1 Å². The van der Waals surface area contributed by atoms with E-state index in [0.29, 0.717) is 12.2 Å². The van der Waals surface area contributed by atoms with E-state index in [2.05, 4.69) is 40.7 Å². The van der Waals surface area contributed by atoms with Crippen LogP contribution in [0.15, 0.2) is 26.3 Å². The van der Waals surface area contributed by atoms with Crippen molar-refractivity contribution in [2.45, 2.75) is 19.4 Å². The van der Waals surface area contributed by atoms with Gasteiger partial charge in [-0.1, -0.05) is 5.21 Å². The van der Waals surface area contributed by atoms with E-state index >= 15 is 0 Å². The fraction of sp³-hybridized carbons (Fsp3) is 0.333. The maximum atomic E-state index is 12.8. The number of rotatable bonds is 7. The number of hydrogen-bond acceptors (Lipinski definition) is 12. The summed E-state index contributed by atoms with van der Waals surface area (Å²) >= 11 is 0. The summed E-state index contributed by atoms with van der Waals surface area (Å²) < 4.78 is 10.7. The molecule has 1 fully saturated rings. The normalized spacial score (nSPS) is 14.5. The fourth-order valence-corrected chi connectivity index (χ4v) is 3.00. The zero-order valence-electron chi connectivity index (χ0n) is 15.5. The lowest BCUT2D eigenvalue weighted by molar-refractivity contribution is -0.402. The zero-order chi connectivity index (χ0) is 21.1. The Morgan fingerprint density at radius 3 is 2.83 bits per heavy atom. The smallest absolute Gasteiger partial charge is 0.400 e. The third-order valence-corrected chi connectivity index (χ3v) is 4.37. The number of aromatic nitrogens is 5. The van der Waals surface area contributed by atoms with Crippen molar-refractivity contribution in [3.05, 3.63) is 39.4 Å². The number of nitrogens with one attached hydrogen (secondary N) is 1. The molecule has 0 spiro atoms. The highest BCUT2D eigenvalue weighted by Crippen LogP contribution is 2.19. The lowest BCUT2D eigenvalue weighted by Crippen LogP contribution is -2.26. The van der Waals surface area contributed by atoms with Crippen molar-refractivity contribution in [2.75, 3.05) is 18.8 Å². The van der Waals surface area contributed by atoms with Gasteiger partial charge in [0, 0.05) is 6.54 Å². The summed E-state index contributed by atoms with van der Waals surface area (Å²) in [4.78, 5) is 24.9. The lowest BCUT2D eigenvalue weighted by Gasteiger charge is -2.13. The number of carbonyl (C=O) groups excluding carboxylic acids is 1. The van der Waals surface area contributed by atoms with E-state index in [-0.39, 0.29) is 23.1 Å². The number of hydrogen-bond donors (Lipinski definition) is 2. The number of anilines is 1. The van der Waals surface area contributed by atoms with Crippen LogP contribution >= 0.6 is 0 Å². The summed E-state index contributed by atoms with van der Waals surface area (Å²) in [5.74, 6) is -1.03. The molecular formula is C15H16N10O5. The zero-order valence-corrected chi connectivity index (χ0v) is 15.5. The number of furan rings is 1. The molecular weight excluding hydrogens is 400 g/mol. The van der Waals surface area contributed by atoms with Crippen molar-refractivity contribution in [3.63, 3.8) is 0 Å². The summed E-state index contributed by atoms with van der Waals surface area (Å²) in [7, 11) is 0. The molecule has 1 aliphatic heterocycles. The molecule has 15 nitrogen and oxygen atoms in total. The molecule has 3 aromatic heterocycles. The van der Waals surface area contributed by atoms with Crippen LogP contribution in [0.5, 0.6) is 0 Å². The second kappa shape index (κ2) is 8.08. The van der Waals surface area contributed by atoms with E-state index in [1.54, 1.807) is 0 Å². The van der Waals surface area contributed by atoms with E-state index in [9.17, 15) is 14.9 Å². The summed E-state index contributed by atoms with van der Waals surface area (Å²) in [6.07, 6.45) is 3.26. The average Bonchev–Trinajstić information content (AvgIpc) is 3.49. The predicted octanol–water partition coefficient (Wildman–Crippen LogP) is 0.0934. The number of likely N-dealkylation sites (tertiary alicyclic amines) is 1. The van der Waals surface area contributed by atoms with Gasteiger partial charge in [0.1, 0.15) is 10.6 Å². The van der Waals surface area contributed by atoms with Crippen molar-refractivity contribution < 1.29 is 18.8 Å². The van der Waals surface area contributed by atoms with Crippen LogP contribution in [-0.4, -0.2) is 60.3 Å². The number of nitrogen functional groups attached to an aromatic ring is 1. The number of nitro groups is 1. The van der Waals surface area contributed by atoms with Gasteiger partial charge in [-0.25, -0.2) is 10.1 Å². The van der Waals surface area contributed by atoms with Crippen LogP contribution in [0.4, 0.5) is 11.7 Å². The molecule has 0 aromatic carbocycles. The predicted molar refractivity (Wildman–Crippen MR) is 98.6 cm³/mol. The molecule has 0 unspecified atom stereocenters. The summed E-state index contributed by atoms with van der Waals surface area (Å²) in [6.45, 7) is 2.18. The van der Waals surface area contributed by atoms with Crippen LogP contribution in [0.2, 0.25) is 0 Å². The first kappa shape index (κ1) is 19.2. The highest BCUT2D eigenvalue weighted by molar-refractivity contribution is 5.94. The SMILES string of the molecule is Nc1nonc1-n1nnc(CN2CCCC2)c1C(=O)N/N=C/c1ccc([N+](=O)[O-])o1. The first-order valence-electron chi connectivity index (χ1n) is 8.86. The number of amides is 1. The van der Waals surface area contributed by atoms with Crippen LogP contribution in [0.3, 0.4) is 0 Å². The standard InChI is InChI=1S/C15H16N10O5/c16-13-14(21-30-20-13)24-12(10(18-22-24)8-23-5-1-2-6-23)15(26)19-17-7-9-3-4-11(29-9)25(27)28/h3-4,7H,1-2,5-6,8H2,(H2,16,20)(H,19,26)/b17-7+. The highest BCUT2D eigenvalue weighted by atomic mass is 16.6. The second-order valence-electron chi connectivity index (χ2n) is 6.39. The third kappa shape index (κ3) is 3.86. The Morgan fingerprint density at radius 2 is 2.17 bits per heavy atom. The van der Waals surface area contributed by atoms with Crippen molar-refractivity contribution >= 4 is 23.8 Å². The molecule has 4 heterocycles. The Hall–Kier alpha value is -4.14.